The monoisotopic (exact) mass is 316 g/mol. The molecule has 0 saturated carbocycles. The van der Waals surface area contributed by atoms with Crippen LogP contribution in [-0.4, -0.2) is 18.3 Å². The van der Waals surface area contributed by atoms with Gasteiger partial charge in [0, 0.05) is 18.1 Å². The summed E-state index contributed by atoms with van der Waals surface area (Å²) in [6, 6.07) is 18.6. The van der Waals surface area contributed by atoms with Gasteiger partial charge < -0.3 is 5.32 Å². The number of rotatable bonds is 3. The maximum absolute atomic E-state index is 6.01. The summed E-state index contributed by atoms with van der Waals surface area (Å²) < 4.78 is 0. The first-order chi connectivity index (χ1) is 10.3. The molecule has 21 heavy (non-hydrogen) atoms. The Labute approximate surface area is 134 Å². The van der Waals surface area contributed by atoms with E-state index in [2.05, 4.69) is 46.7 Å². The number of thioether (sulfide) groups is 1. The van der Waals surface area contributed by atoms with E-state index in [1.54, 1.807) is 11.8 Å². The van der Waals surface area contributed by atoms with Gasteiger partial charge in [0.15, 0.2) is 5.17 Å². The molecular formula is C17H17ClN2S. The van der Waals surface area contributed by atoms with Crippen molar-refractivity contribution in [2.45, 2.75) is 11.7 Å². The van der Waals surface area contributed by atoms with E-state index in [1.807, 2.05) is 18.2 Å². The molecule has 1 unspecified atom stereocenters. The summed E-state index contributed by atoms with van der Waals surface area (Å²) in [5.41, 5.74) is 2.52. The topological polar surface area (TPSA) is 24.4 Å². The third-order valence-corrected chi connectivity index (χ3v) is 4.90. The fourth-order valence-electron chi connectivity index (χ4n) is 2.30. The minimum atomic E-state index is 0.229. The van der Waals surface area contributed by atoms with Gasteiger partial charge in [0.1, 0.15) is 0 Å². The molecule has 0 aliphatic carbocycles. The quantitative estimate of drug-likeness (QED) is 0.901. The third-order valence-electron chi connectivity index (χ3n) is 3.37. The van der Waals surface area contributed by atoms with Crippen molar-refractivity contribution in [3.05, 3.63) is 70.7 Å². The van der Waals surface area contributed by atoms with Crippen LogP contribution in [-0.2, 0) is 0 Å². The van der Waals surface area contributed by atoms with Crippen LogP contribution in [0.5, 0.6) is 0 Å². The van der Waals surface area contributed by atoms with Gasteiger partial charge in [0.2, 0.25) is 0 Å². The maximum atomic E-state index is 6.01. The SMILES string of the molecule is Clc1ccc(C(SC2=NCCCN2)c2ccccc2)cc1. The zero-order valence-corrected chi connectivity index (χ0v) is 13.2. The summed E-state index contributed by atoms with van der Waals surface area (Å²) in [7, 11) is 0. The molecule has 108 valence electrons. The zero-order chi connectivity index (χ0) is 14.5. The highest BCUT2D eigenvalue weighted by Gasteiger charge is 2.18. The van der Waals surface area contributed by atoms with Gasteiger partial charge in [0.05, 0.1) is 5.25 Å². The van der Waals surface area contributed by atoms with Gasteiger partial charge in [-0.2, -0.15) is 0 Å². The fourth-order valence-corrected chi connectivity index (χ4v) is 3.58. The Morgan fingerprint density at radius 2 is 1.71 bits per heavy atom. The van der Waals surface area contributed by atoms with E-state index in [-0.39, 0.29) is 5.25 Å². The molecule has 1 aliphatic heterocycles. The van der Waals surface area contributed by atoms with Gasteiger partial charge in [-0.15, -0.1) is 0 Å². The lowest BCUT2D eigenvalue weighted by molar-refractivity contribution is 0.751. The number of nitrogens with zero attached hydrogens (tertiary/aromatic N) is 1. The Hall–Kier alpha value is -1.45. The first kappa shape index (κ1) is 14.5. The largest absolute Gasteiger partial charge is 0.365 e. The van der Waals surface area contributed by atoms with E-state index in [4.69, 9.17) is 11.6 Å². The molecule has 0 aromatic heterocycles. The molecule has 1 aliphatic rings. The number of amidine groups is 1. The second-order valence-corrected chi connectivity index (χ2v) is 6.46. The molecular weight excluding hydrogens is 300 g/mol. The van der Waals surface area contributed by atoms with Crippen LogP contribution in [0.25, 0.3) is 0 Å². The molecule has 3 rings (SSSR count). The van der Waals surface area contributed by atoms with Crippen molar-refractivity contribution in [3.63, 3.8) is 0 Å². The lowest BCUT2D eigenvalue weighted by atomic mass is 10.0. The van der Waals surface area contributed by atoms with Gasteiger partial charge >= 0.3 is 0 Å². The molecule has 2 aromatic carbocycles. The second kappa shape index (κ2) is 7.01. The summed E-state index contributed by atoms with van der Waals surface area (Å²) in [4.78, 5) is 4.58. The number of hydrogen-bond acceptors (Lipinski definition) is 3. The number of benzene rings is 2. The van der Waals surface area contributed by atoms with Crippen LogP contribution in [0, 0.1) is 0 Å². The van der Waals surface area contributed by atoms with Crippen molar-refractivity contribution in [2.75, 3.05) is 13.1 Å². The van der Waals surface area contributed by atoms with E-state index in [0.29, 0.717) is 0 Å². The predicted molar refractivity (Wildman–Crippen MR) is 92.2 cm³/mol. The second-order valence-electron chi connectivity index (χ2n) is 4.93. The van der Waals surface area contributed by atoms with Crippen LogP contribution in [0.3, 0.4) is 0 Å². The van der Waals surface area contributed by atoms with Gasteiger partial charge in [-0.1, -0.05) is 65.8 Å². The standard InChI is InChI=1S/C17H17ClN2S/c18-15-9-7-14(8-10-15)16(13-5-2-1-3-6-13)21-17-19-11-4-12-20-17/h1-3,5-10,16H,4,11-12H2,(H,19,20). The lowest BCUT2D eigenvalue weighted by Gasteiger charge is -2.21. The molecule has 0 bridgehead atoms. The van der Waals surface area contributed by atoms with E-state index < -0.39 is 0 Å². The smallest absolute Gasteiger partial charge is 0.157 e. The van der Waals surface area contributed by atoms with Crippen LogP contribution in [0.4, 0.5) is 0 Å². The highest BCUT2D eigenvalue weighted by Crippen LogP contribution is 2.36. The Morgan fingerprint density at radius 3 is 2.38 bits per heavy atom. The number of nitrogens with one attached hydrogen (secondary N) is 1. The van der Waals surface area contributed by atoms with Crippen molar-refractivity contribution in [2.24, 2.45) is 4.99 Å². The van der Waals surface area contributed by atoms with Crippen molar-refractivity contribution in [3.8, 4) is 0 Å². The van der Waals surface area contributed by atoms with Gasteiger partial charge in [-0.25, -0.2) is 0 Å². The molecule has 1 heterocycles. The van der Waals surface area contributed by atoms with E-state index in [1.165, 1.54) is 11.1 Å². The van der Waals surface area contributed by atoms with E-state index >= 15 is 0 Å². The number of aliphatic imine (C=N–C) groups is 1. The highest BCUT2D eigenvalue weighted by atomic mass is 35.5. The average Bonchev–Trinajstić information content (AvgIpc) is 2.55. The zero-order valence-electron chi connectivity index (χ0n) is 11.6. The number of hydrogen-bond donors (Lipinski definition) is 1. The summed E-state index contributed by atoms with van der Waals surface area (Å²) >= 11 is 7.78. The van der Waals surface area contributed by atoms with Crippen molar-refractivity contribution >= 4 is 28.5 Å². The first-order valence-electron chi connectivity index (χ1n) is 7.08. The van der Waals surface area contributed by atoms with Crippen LogP contribution in [0.2, 0.25) is 5.02 Å². The summed E-state index contributed by atoms with van der Waals surface area (Å²) in [5, 5.41) is 5.42. The van der Waals surface area contributed by atoms with E-state index in [0.717, 1.165) is 29.7 Å². The number of halogens is 1. The summed E-state index contributed by atoms with van der Waals surface area (Å²) in [6.07, 6.45) is 1.11. The van der Waals surface area contributed by atoms with Crippen molar-refractivity contribution in [1.29, 1.82) is 0 Å². The Morgan fingerprint density at radius 1 is 1.00 bits per heavy atom. The van der Waals surface area contributed by atoms with Crippen molar-refractivity contribution in [1.82, 2.24) is 5.32 Å². The Bertz CT molecular complexity index is 610. The van der Waals surface area contributed by atoms with Crippen LogP contribution < -0.4 is 5.32 Å². The summed E-state index contributed by atoms with van der Waals surface area (Å²) in [5.74, 6) is 0. The minimum absolute atomic E-state index is 0.229. The molecule has 0 amide bonds. The molecule has 2 nitrogen and oxygen atoms in total. The first-order valence-corrected chi connectivity index (χ1v) is 8.34. The molecule has 0 saturated heterocycles. The molecule has 0 spiro atoms. The molecule has 2 aromatic rings. The highest BCUT2D eigenvalue weighted by molar-refractivity contribution is 8.14. The third kappa shape index (κ3) is 3.80. The maximum Gasteiger partial charge on any atom is 0.157 e. The molecule has 0 fully saturated rings. The fraction of sp³-hybridized carbons (Fsp3) is 0.235. The Kier molecular flexibility index (Phi) is 4.84. The van der Waals surface area contributed by atoms with Gasteiger partial charge in [-0.3, -0.25) is 4.99 Å². The summed E-state index contributed by atoms with van der Waals surface area (Å²) in [6.45, 7) is 1.92. The van der Waals surface area contributed by atoms with Crippen LogP contribution in [0.1, 0.15) is 22.8 Å². The molecule has 1 N–H and O–H groups in total. The van der Waals surface area contributed by atoms with Crippen LogP contribution >= 0.6 is 23.4 Å². The van der Waals surface area contributed by atoms with Crippen LogP contribution in [0.15, 0.2) is 59.6 Å². The Balaban J connectivity index is 1.90. The van der Waals surface area contributed by atoms with E-state index in [9.17, 15) is 0 Å². The molecule has 1 atom stereocenters. The molecule has 4 heteroatoms. The predicted octanol–water partition coefficient (Wildman–Crippen LogP) is 4.51. The lowest BCUT2D eigenvalue weighted by Crippen LogP contribution is -2.27. The van der Waals surface area contributed by atoms with Gasteiger partial charge in [0.25, 0.3) is 0 Å². The minimum Gasteiger partial charge on any atom is -0.365 e. The van der Waals surface area contributed by atoms with Gasteiger partial charge in [-0.05, 0) is 29.7 Å². The van der Waals surface area contributed by atoms with Crippen molar-refractivity contribution < 1.29 is 0 Å². The average molecular weight is 317 g/mol. The molecule has 0 radical (unpaired) electrons. The normalized spacial score (nSPS) is 16.0.